The summed E-state index contributed by atoms with van der Waals surface area (Å²) in [7, 11) is -3.82. The molecule has 0 saturated heterocycles. The second-order valence-corrected chi connectivity index (χ2v) is 10.4. The van der Waals surface area contributed by atoms with Crippen molar-refractivity contribution in [2.45, 2.75) is 37.1 Å². The van der Waals surface area contributed by atoms with Crippen LogP contribution in [0.5, 0.6) is 0 Å². The number of amidine groups is 1. The number of aliphatic imine (C=N–C) groups is 1. The monoisotopic (exact) mass is 537 g/mol. The van der Waals surface area contributed by atoms with Gasteiger partial charge in [-0.3, -0.25) is 14.5 Å². The Kier molecular flexibility index (Phi) is 8.70. The lowest BCUT2D eigenvalue weighted by Gasteiger charge is -2.12. The van der Waals surface area contributed by atoms with Gasteiger partial charge in [0.15, 0.2) is 0 Å². The quantitative estimate of drug-likeness (QED) is 0.350. The summed E-state index contributed by atoms with van der Waals surface area (Å²) in [5.74, 6) is -0.325. The summed E-state index contributed by atoms with van der Waals surface area (Å²) in [6.45, 7) is 0.810. The van der Waals surface area contributed by atoms with E-state index in [1.54, 1.807) is 36.4 Å². The van der Waals surface area contributed by atoms with Gasteiger partial charge in [0, 0.05) is 36.4 Å². The zero-order valence-electron chi connectivity index (χ0n) is 20.5. The van der Waals surface area contributed by atoms with Crippen molar-refractivity contribution in [2.75, 3.05) is 17.2 Å². The highest BCUT2D eigenvalue weighted by molar-refractivity contribution is 7.90. The molecule has 9 nitrogen and oxygen atoms in total. The number of hydrogen-bond donors (Lipinski definition) is 4. The fraction of sp³-hybridized carbons (Fsp3) is 0.222. The molecule has 0 aliphatic carbocycles. The number of halogens is 1. The average Bonchev–Trinajstić information content (AvgIpc) is 3.17. The van der Waals surface area contributed by atoms with Crippen LogP contribution < -0.4 is 20.7 Å². The number of carbonyl (C=O) groups is 2. The molecular weight excluding hydrogens is 509 g/mol. The van der Waals surface area contributed by atoms with Crippen LogP contribution in [0.4, 0.5) is 20.6 Å². The molecule has 0 aromatic heterocycles. The molecule has 0 radical (unpaired) electrons. The first-order chi connectivity index (χ1) is 18.3. The van der Waals surface area contributed by atoms with Crippen LogP contribution in [0.1, 0.15) is 41.6 Å². The summed E-state index contributed by atoms with van der Waals surface area (Å²) in [6.07, 6.45) is 3.43. The van der Waals surface area contributed by atoms with Crippen molar-refractivity contribution in [3.8, 4) is 0 Å². The predicted octanol–water partition coefficient (Wildman–Crippen LogP) is 4.65. The van der Waals surface area contributed by atoms with Crippen molar-refractivity contribution in [1.29, 1.82) is 0 Å². The zero-order valence-corrected chi connectivity index (χ0v) is 21.4. The molecule has 1 aliphatic rings. The number of anilines is 2. The molecule has 0 bridgehead atoms. The number of rotatable bonds is 7. The molecule has 11 heteroatoms. The number of nitrogens with zero attached hydrogens (tertiary/aromatic N) is 1. The first kappa shape index (κ1) is 26.8. The summed E-state index contributed by atoms with van der Waals surface area (Å²) in [5, 5.41) is 8.08. The number of benzene rings is 3. The fourth-order valence-corrected chi connectivity index (χ4v) is 4.92. The summed E-state index contributed by atoms with van der Waals surface area (Å²) in [4.78, 5) is 29.0. The van der Waals surface area contributed by atoms with E-state index in [4.69, 9.17) is 0 Å². The van der Waals surface area contributed by atoms with Crippen LogP contribution >= 0.6 is 0 Å². The van der Waals surface area contributed by atoms with E-state index < -0.39 is 21.9 Å². The van der Waals surface area contributed by atoms with Gasteiger partial charge in [-0.25, -0.2) is 17.6 Å². The molecule has 0 fully saturated rings. The van der Waals surface area contributed by atoms with Crippen LogP contribution in [0.25, 0.3) is 0 Å². The Bertz CT molecular complexity index is 1420. The van der Waals surface area contributed by atoms with E-state index in [0.717, 1.165) is 24.8 Å². The van der Waals surface area contributed by atoms with Gasteiger partial charge in [0.25, 0.3) is 15.9 Å². The molecule has 3 aromatic carbocycles. The van der Waals surface area contributed by atoms with Gasteiger partial charge in [0.2, 0.25) is 0 Å². The van der Waals surface area contributed by atoms with Gasteiger partial charge in [-0.1, -0.05) is 24.6 Å². The summed E-state index contributed by atoms with van der Waals surface area (Å²) >= 11 is 0. The topological polar surface area (TPSA) is 129 Å². The van der Waals surface area contributed by atoms with Gasteiger partial charge < -0.3 is 16.0 Å². The lowest BCUT2D eigenvalue weighted by atomic mass is 10.2. The summed E-state index contributed by atoms with van der Waals surface area (Å²) in [5.41, 5.74) is 1.99. The first-order valence-corrected chi connectivity index (χ1v) is 13.6. The largest absolute Gasteiger partial charge is 0.334 e. The highest BCUT2D eigenvalue weighted by Crippen LogP contribution is 2.17. The third kappa shape index (κ3) is 7.62. The third-order valence-electron chi connectivity index (χ3n) is 5.80. The number of urea groups is 1. The van der Waals surface area contributed by atoms with E-state index in [1.165, 1.54) is 36.4 Å². The second kappa shape index (κ2) is 12.3. The highest BCUT2D eigenvalue weighted by atomic mass is 32.2. The molecule has 0 atom stereocenters. The minimum Gasteiger partial charge on any atom is -0.334 e. The Labute approximate surface area is 220 Å². The fourth-order valence-electron chi connectivity index (χ4n) is 3.78. The zero-order chi connectivity index (χ0) is 27.0. The SMILES string of the molecule is O=C(NCc1ccc(NC(=O)c2ccc(F)cc2)cc1)Nc1cccc(S(=O)(=O)NC2=NCCCCC2)c1. The molecule has 198 valence electrons. The molecule has 4 rings (SSSR count). The maximum Gasteiger partial charge on any atom is 0.319 e. The number of amides is 3. The molecule has 1 aliphatic heterocycles. The molecule has 3 amide bonds. The van der Waals surface area contributed by atoms with Crippen LogP contribution in [-0.4, -0.2) is 32.7 Å². The Morgan fingerprint density at radius 1 is 0.868 bits per heavy atom. The van der Waals surface area contributed by atoms with Gasteiger partial charge in [-0.05, 0) is 73.0 Å². The third-order valence-corrected chi connectivity index (χ3v) is 7.18. The number of hydrogen-bond acceptors (Lipinski definition) is 5. The van der Waals surface area contributed by atoms with E-state index in [9.17, 15) is 22.4 Å². The minimum absolute atomic E-state index is 0.0283. The molecule has 0 saturated carbocycles. The van der Waals surface area contributed by atoms with E-state index in [1.807, 2.05) is 0 Å². The maximum atomic E-state index is 13.0. The Morgan fingerprint density at radius 2 is 1.63 bits per heavy atom. The van der Waals surface area contributed by atoms with Crippen LogP contribution in [-0.2, 0) is 16.6 Å². The van der Waals surface area contributed by atoms with Crippen molar-refractivity contribution in [3.63, 3.8) is 0 Å². The van der Waals surface area contributed by atoms with E-state index in [2.05, 4.69) is 25.7 Å². The van der Waals surface area contributed by atoms with Crippen molar-refractivity contribution in [1.82, 2.24) is 10.0 Å². The molecule has 0 spiro atoms. The van der Waals surface area contributed by atoms with Gasteiger partial charge in [0.1, 0.15) is 11.7 Å². The van der Waals surface area contributed by atoms with Gasteiger partial charge in [0.05, 0.1) is 4.90 Å². The highest BCUT2D eigenvalue weighted by Gasteiger charge is 2.18. The van der Waals surface area contributed by atoms with Crippen LogP contribution in [0.15, 0.2) is 82.7 Å². The summed E-state index contributed by atoms with van der Waals surface area (Å²) < 4.78 is 41.2. The predicted molar refractivity (Wildman–Crippen MR) is 144 cm³/mol. The van der Waals surface area contributed by atoms with Gasteiger partial charge >= 0.3 is 6.03 Å². The smallest absolute Gasteiger partial charge is 0.319 e. The van der Waals surface area contributed by atoms with Crippen molar-refractivity contribution >= 4 is 39.2 Å². The van der Waals surface area contributed by atoms with E-state index in [-0.39, 0.29) is 17.3 Å². The average molecular weight is 538 g/mol. The molecule has 1 heterocycles. The number of carbonyl (C=O) groups excluding carboxylic acids is 2. The molecule has 38 heavy (non-hydrogen) atoms. The minimum atomic E-state index is -3.82. The standard InChI is InChI=1S/C27H28FN5O4S/c28-21-12-10-20(11-13-21)26(34)31-22-14-8-19(9-15-22)18-30-27(35)32-23-5-4-6-24(17-23)38(36,37)33-25-7-2-1-3-16-29-25/h4-6,8-15,17H,1-3,7,16,18H2,(H,29,33)(H,31,34)(H2,30,32,35). The van der Waals surface area contributed by atoms with E-state index >= 15 is 0 Å². The normalized spacial score (nSPS) is 13.6. The van der Waals surface area contributed by atoms with Crippen LogP contribution in [0.3, 0.4) is 0 Å². The van der Waals surface area contributed by atoms with Crippen LogP contribution in [0, 0.1) is 5.82 Å². The van der Waals surface area contributed by atoms with Crippen molar-refractivity contribution < 1.29 is 22.4 Å². The van der Waals surface area contributed by atoms with Crippen molar-refractivity contribution in [3.05, 3.63) is 89.7 Å². The summed E-state index contributed by atoms with van der Waals surface area (Å²) in [6, 6.07) is 17.6. The molecule has 4 N–H and O–H groups in total. The molecular formula is C27H28FN5O4S. The Morgan fingerprint density at radius 3 is 2.39 bits per heavy atom. The maximum absolute atomic E-state index is 13.0. The lowest BCUT2D eigenvalue weighted by molar-refractivity contribution is 0.102. The Hall–Kier alpha value is -4.25. The van der Waals surface area contributed by atoms with Crippen molar-refractivity contribution in [2.24, 2.45) is 4.99 Å². The second-order valence-electron chi connectivity index (χ2n) is 8.74. The van der Waals surface area contributed by atoms with Gasteiger partial charge in [-0.2, -0.15) is 0 Å². The lowest BCUT2D eigenvalue weighted by Crippen LogP contribution is -2.31. The number of nitrogens with one attached hydrogen (secondary N) is 4. The van der Waals surface area contributed by atoms with Gasteiger partial charge in [-0.15, -0.1) is 0 Å². The number of sulfonamides is 1. The first-order valence-electron chi connectivity index (χ1n) is 12.2. The molecule has 0 unspecified atom stereocenters. The van der Waals surface area contributed by atoms with Crippen LogP contribution in [0.2, 0.25) is 0 Å². The van der Waals surface area contributed by atoms with E-state index in [0.29, 0.717) is 35.7 Å². The molecule has 3 aromatic rings. The Balaban J connectivity index is 1.29.